The van der Waals surface area contributed by atoms with Crippen molar-refractivity contribution in [1.82, 2.24) is 16.0 Å². The molecule has 0 aromatic carbocycles. The average molecular weight is 305 g/mol. The first-order chi connectivity index (χ1) is 10.5. The van der Waals surface area contributed by atoms with E-state index in [1.54, 1.807) is 7.05 Å². The molecule has 0 aromatic rings. The van der Waals surface area contributed by atoms with Crippen molar-refractivity contribution in [3.63, 3.8) is 0 Å². The Kier molecular flexibility index (Phi) is 5.24. The third kappa shape index (κ3) is 3.02. The van der Waals surface area contributed by atoms with Crippen LogP contribution in [0.1, 0.15) is 33.1 Å². The lowest BCUT2D eigenvalue weighted by atomic mass is 9.93. The Balaban J connectivity index is 2.37. The summed E-state index contributed by atoms with van der Waals surface area (Å²) in [6.07, 6.45) is 3.58. The molecule has 6 heteroatoms. The highest BCUT2D eigenvalue weighted by Crippen LogP contribution is 2.29. The summed E-state index contributed by atoms with van der Waals surface area (Å²) in [6, 6.07) is 0.635. The average Bonchev–Trinajstić information content (AvgIpc) is 2.81. The molecular weight excluding hydrogens is 278 g/mol. The van der Waals surface area contributed by atoms with E-state index in [-0.39, 0.29) is 11.9 Å². The first kappa shape index (κ1) is 16.5. The summed E-state index contributed by atoms with van der Waals surface area (Å²) in [5, 5.41) is 18.0. The normalized spacial score (nSPS) is 23.1. The van der Waals surface area contributed by atoms with Gasteiger partial charge < -0.3 is 20.7 Å². The minimum Gasteiger partial charge on any atom is -0.433 e. The molecule has 0 aromatic heterocycles. The highest BCUT2D eigenvalue weighted by molar-refractivity contribution is 6.09. The fraction of sp³-hybridized carbons (Fsp3) is 0.625. The van der Waals surface area contributed by atoms with Crippen LogP contribution in [-0.2, 0) is 4.74 Å². The van der Waals surface area contributed by atoms with Gasteiger partial charge in [0.25, 0.3) is 0 Å². The molecule has 1 saturated carbocycles. The molecule has 0 amide bonds. The summed E-state index contributed by atoms with van der Waals surface area (Å²) >= 11 is 0. The van der Waals surface area contributed by atoms with Gasteiger partial charge in [-0.15, -0.1) is 0 Å². The number of rotatable bonds is 5. The van der Waals surface area contributed by atoms with Gasteiger partial charge in [0.05, 0.1) is 11.3 Å². The predicted molar refractivity (Wildman–Crippen MR) is 90.3 cm³/mol. The first-order valence-corrected chi connectivity index (χ1v) is 7.84. The molecule has 1 aliphatic heterocycles. The predicted octanol–water partition coefficient (Wildman–Crippen LogP) is 1.52. The molecule has 6 nitrogen and oxygen atoms in total. The smallest absolute Gasteiger partial charge is 0.221 e. The number of nitrogens with one attached hydrogen (secondary N) is 4. The van der Waals surface area contributed by atoms with E-state index in [1.165, 1.54) is 6.42 Å². The van der Waals surface area contributed by atoms with Gasteiger partial charge in [0.2, 0.25) is 5.90 Å². The van der Waals surface area contributed by atoms with Gasteiger partial charge in [-0.25, -0.2) is 0 Å². The molecule has 0 spiro atoms. The number of hydrogen-bond acceptors (Lipinski definition) is 5. The number of aliphatic imine (C=N–C) groups is 1. The van der Waals surface area contributed by atoms with Gasteiger partial charge in [0.15, 0.2) is 11.6 Å². The Morgan fingerprint density at radius 3 is 2.50 bits per heavy atom. The fourth-order valence-electron chi connectivity index (χ4n) is 2.62. The van der Waals surface area contributed by atoms with Crippen molar-refractivity contribution in [2.75, 3.05) is 21.1 Å². The maximum absolute atomic E-state index is 8.21. The molecule has 122 valence electrons. The second kappa shape index (κ2) is 6.96. The summed E-state index contributed by atoms with van der Waals surface area (Å²) in [7, 11) is 5.51. The van der Waals surface area contributed by atoms with Crippen LogP contribution >= 0.6 is 0 Å². The standard InChI is InChI=1S/C16H27N5O/c1-9(10(2)18-3)12-13(19-4)14(22-15(12)17)16(20-5)21-11-7-6-8-11/h10-11,17-19H,6-8H2,1-5H3,(H,20,21)/b12-9-,17-15?. The van der Waals surface area contributed by atoms with Crippen molar-refractivity contribution >= 4 is 11.7 Å². The third-order valence-corrected chi connectivity index (χ3v) is 4.52. The van der Waals surface area contributed by atoms with Crippen molar-refractivity contribution in [2.45, 2.75) is 45.2 Å². The second-order valence-corrected chi connectivity index (χ2v) is 5.80. The van der Waals surface area contributed by atoms with E-state index in [1.807, 2.05) is 21.0 Å². The van der Waals surface area contributed by atoms with Crippen LogP contribution in [-0.4, -0.2) is 45.0 Å². The zero-order valence-electron chi connectivity index (χ0n) is 14.1. The van der Waals surface area contributed by atoms with Crippen molar-refractivity contribution in [3.05, 3.63) is 22.6 Å². The Labute approximate surface area is 132 Å². The van der Waals surface area contributed by atoms with E-state index in [9.17, 15) is 0 Å². The molecule has 22 heavy (non-hydrogen) atoms. The van der Waals surface area contributed by atoms with Crippen LogP contribution in [0.3, 0.4) is 0 Å². The molecule has 1 aliphatic carbocycles. The Bertz CT molecular complexity index is 543. The molecule has 1 atom stereocenters. The first-order valence-electron chi connectivity index (χ1n) is 7.84. The van der Waals surface area contributed by atoms with Crippen LogP contribution < -0.4 is 16.0 Å². The van der Waals surface area contributed by atoms with Crippen molar-refractivity contribution in [1.29, 1.82) is 5.41 Å². The van der Waals surface area contributed by atoms with Gasteiger partial charge >= 0.3 is 0 Å². The lowest BCUT2D eigenvalue weighted by Crippen LogP contribution is -2.41. The zero-order chi connectivity index (χ0) is 16.3. The highest BCUT2D eigenvalue weighted by Gasteiger charge is 2.33. The molecule has 0 saturated heterocycles. The lowest BCUT2D eigenvalue weighted by Gasteiger charge is -2.28. The summed E-state index contributed by atoms with van der Waals surface area (Å²) in [5.74, 6) is 1.52. The minimum atomic E-state index is 0.170. The Morgan fingerprint density at radius 1 is 1.36 bits per heavy atom. The lowest BCUT2D eigenvalue weighted by molar-refractivity contribution is 0.375. The largest absolute Gasteiger partial charge is 0.433 e. The number of amidine groups is 1. The van der Waals surface area contributed by atoms with Crippen LogP contribution in [0, 0.1) is 5.41 Å². The van der Waals surface area contributed by atoms with Gasteiger partial charge in [-0.05, 0) is 45.7 Å². The summed E-state index contributed by atoms with van der Waals surface area (Å²) in [5.41, 5.74) is 2.72. The molecule has 2 aliphatic rings. The van der Waals surface area contributed by atoms with E-state index >= 15 is 0 Å². The van der Waals surface area contributed by atoms with E-state index in [0.717, 1.165) is 35.5 Å². The van der Waals surface area contributed by atoms with Gasteiger partial charge in [0, 0.05) is 26.2 Å². The van der Waals surface area contributed by atoms with E-state index in [0.29, 0.717) is 11.8 Å². The maximum atomic E-state index is 8.21. The van der Waals surface area contributed by atoms with Crippen LogP contribution in [0.5, 0.6) is 0 Å². The van der Waals surface area contributed by atoms with Crippen LogP contribution in [0.4, 0.5) is 0 Å². The van der Waals surface area contributed by atoms with Crippen LogP contribution in [0.25, 0.3) is 0 Å². The zero-order valence-corrected chi connectivity index (χ0v) is 14.1. The summed E-state index contributed by atoms with van der Waals surface area (Å²) < 4.78 is 5.74. The number of likely N-dealkylation sites (N-methyl/N-ethyl adjacent to an activating group) is 2. The number of nitrogens with zero attached hydrogens (tertiary/aromatic N) is 1. The quantitative estimate of drug-likeness (QED) is 0.458. The highest BCUT2D eigenvalue weighted by atomic mass is 16.5. The van der Waals surface area contributed by atoms with E-state index in [4.69, 9.17) is 10.1 Å². The van der Waals surface area contributed by atoms with Gasteiger partial charge in [0.1, 0.15) is 0 Å². The van der Waals surface area contributed by atoms with E-state index in [2.05, 4.69) is 27.9 Å². The SMILES string of the molecule is CN=C(NC1CCC1)C1=C(NC)/C(=C(\C)C(C)NC)C(=N)O1. The molecule has 1 fully saturated rings. The third-order valence-electron chi connectivity index (χ3n) is 4.52. The molecule has 2 rings (SSSR count). The fourth-order valence-corrected chi connectivity index (χ4v) is 2.62. The topological polar surface area (TPSA) is 81.5 Å². The van der Waals surface area contributed by atoms with Crippen molar-refractivity contribution in [3.8, 4) is 0 Å². The maximum Gasteiger partial charge on any atom is 0.221 e. The Hall–Kier alpha value is -1.82. The molecule has 1 unspecified atom stereocenters. The minimum absolute atomic E-state index is 0.170. The molecule has 1 heterocycles. The Morgan fingerprint density at radius 2 is 2.05 bits per heavy atom. The van der Waals surface area contributed by atoms with Crippen molar-refractivity contribution < 1.29 is 4.74 Å². The van der Waals surface area contributed by atoms with Crippen LogP contribution in [0.2, 0.25) is 0 Å². The van der Waals surface area contributed by atoms with Gasteiger partial charge in [-0.1, -0.05) is 0 Å². The second-order valence-electron chi connectivity index (χ2n) is 5.80. The van der Waals surface area contributed by atoms with Crippen molar-refractivity contribution in [2.24, 2.45) is 4.99 Å². The van der Waals surface area contributed by atoms with Gasteiger partial charge in [-0.2, -0.15) is 0 Å². The molecular formula is C16H27N5O. The summed E-state index contributed by atoms with van der Waals surface area (Å²) in [4.78, 5) is 4.33. The molecule has 0 bridgehead atoms. The summed E-state index contributed by atoms with van der Waals surface area (Å²) in [6.45, 7) is 4.10. The van der Waals surface area contributed by atoms with Crippen LogP contribution in [0.15, 0.2) is 27.6 Å². The molecule has 4 N–H and O–H groups in total. The number of ether oxygens (including phenoxy) is 1. The molecule has 0 radical (unpaired) electrons. The number of hydrogen-bond donors (Lipinski definition) is 4. The monoisotopic (exact) mass is 305 g/mol. The van der Waals surface area contributed by atoms with E-state index < -0.39 is 0 Å². The van der Waals surface area contributed by atoms with Gasteiger partial charge in [-0.3, -0.25) is 10.4 Å².